The Hall–Kier alpha value is -10.2. The first kappa shape index (κ1) is 86.2. The Morgan fingerprint density at radius 3 is 2.23 bits per heavy atom. The number of amides is 10. The van der Waals surface area contributed by atoms with Crippen LogP contribution in [0.4, 0.5) is 4.39 Å². The Bertz CT molecular complexity index is 4300. The Labute approximate surface area is 663 Å². The van der Waals surface area contributed by atoms with E-state index in [1.54, 1.807) is 67.7 Å². The molecule has 10 rings (SSSR count). The van der Waals surface area contributed by atoms with Crippen LogP contribution in [0.5, 0.6) is 11.5 Å². The number of likely N-dealkylation sites (N-methyl/N-ethyl adjacent to an activating group) is 1. The second-order valence-corrected chi connectivity index (χ2v) is 31.5. The monoisotopic (exact) mass is 1580 g/mol. The van der Waals surface area contributed by atoms with Crippen molar-refractivity contribution in [3.05, 3.63) is 130 Å². The second kappa shape index (κ2) is 40.2. The topological polar surface area (TPSA) is 379 Å². The minimum Gasteiger partial charge on any atom is -0.497 e. The number of Topliss-reactive ketones (excluding diaryl/α,β-unsaturated/α-hetero) is 2. The number of halogens is 1. The highest BCUT2D eigenvalue weighted by molar-refractivity contribution is 6.00. The van der Waals surface area contributed by atoms with Gasteiger partial charge in [-0.2, -0.15) is 0 Å². The molecule has 0 aliphatic carbocycles. The quantitative estimate of drug-likeness (QED) is 0.0536. The van der Waals surface area contributed by atoms with Crippen molar-refractivity contribution in [1.29, 1.82) is 0 Å². The van der Waals surface area contributed by atoms with Crippen LogP contribution < -0.4 is 52.0 Å². The zero-order valence-electron chi connectivity index (χ0n) is 66.2. The van der Waals surface area contributed by atoms with E-state index in [0.29, 0.717) is 93.5 Å². The number of methoxy groups -OCH3 is 1. The lowest BCUT2D eigenvalue weighted by Crippen LogP contribution is -2.63. The molecular weight excluding hydrogens is 1470 g/mol. The van der Waals surface area contributed by atoms with E-state index in [4.69, 9.17) is 23.7 Å². The molecule has 10 atom stereocenters. The largest absolute Gasteiger partial charge is 0.497 e. The van der Waals surface area contributed by atoms with E-state index >= 15 is 33.2 Å². The van der Waals surface area contributed by atoms with E-state index in [0.717, 1.165) is 12.1 Å². The number of benzene rings is 4. The summed E-state index contributed by atoms with van der Waals surface area (Å²) in [7, 11) is 7.60. The van der Waals surface area contributed by atoms with Crippen LogP contribution in [0.15, 0.2) is 91.1 Å². The minimum atomic E-state index is -1.85. The first-order chi connectivity index (χ1) is 54.5. The summed E-state index contributed by atoms with van der Waals surface area (Å²) in [6.45, 7) is 5.19. The predicted molar refractivity (Wildman–Crippen MR) is 416 cm³/mol. The van der Waals surface area contributed by atoms with Crippen LogP contribution in [0.1, 0.15) is 118 Å². The maximum atomic E-state index is 16.3. The average molecular weight is 1580 g/mol. The lowest BCUT2D eigenvalue weighted by Gasteiger charge is -2.37. The number of aryl methyl sites for hydroxylation is 2. The Balaban J connectivity index is 1.07. The molecule has 11 bridgehead atoms. The van der Waals surface area contributed by atoms with Gasteiger partial charge in [-0.1, -0.05) is 48.5 Å². The number of nitrogens with zero attached hydrogens (tertiary/aromatic N) is 4. The predicted octanol–water partition coefficient (Wildman–Crippen LogP) is 2.29. The molecule has 5 aromatic rings. The number of rotatable bonds is 15. The molecule has 0 radical (unpaired) electrons. The number of ether oxygens (including phenoxy) is 5. The van der Waals surface area contributed by atoms with Gasteiger partial charge in [0.25, 0.3) is 0 Å². The summed E-state index contributed by atoms with van der Waals surface area (Å²) in [4.78, 5) is 180. The van der Waals surface area contributed by atoms with Crippen molar-refractivity contribution < 1.29 is 95.2 Å². The fourth-order valence-electron chi connectivity index (χ4n) is 15.1. The third kappa shape index (κ3) is 23.7. The van der Waals surface area contributed by atoms with E-state index in [9.17, 15) is 33.9 Å². The Morgan fingerprint density at radius 2 is 1.46 bits per heavy atom. The number of ketones is 2. The van der Waals surface area contributed by atoms with Crippen molar-refractivity contribution in [3.8, 4) is 11.5 Å². The van der Waals surface area contributed by atoms with Crippen LogP contribution in [-0.4, -0.2) is 249 Å². The number of carbonyl (C=O) groups excluding carboxylic acids is 12. The Kier molecular flexibility index (Phi) is 30.4. The van der Waals surface area contributed by atoms with Crippen molar-refractivity contribution >= 4 is 81.5 Å². The lowest BCUT2D eigenvalue weighted by atomic mass is 9.88. The molecule has 10 amide bonds. The van der Waals surface area contributed by atoms with E-state index in [1.807, 2.05) is 43.9 Å². The number of fused-ring (bicyclic) bond motifs is 11. The van der Waals surface area contributed by atoms with Gasteiger partial charge in [-0.15, -0.1) is 0 Å². The zero-order chi connectivity index (χ0) is 81.8. The molecule has 0 saturated carbocycles. The van der Waals surface area contributed by atoms with Crippen LogP contribution in [0.2, 0.25) is 0 Å². The van der Waals surface area contributed by atoms with E-state index < -0.39 is 150 Å². The number of hydrogen-bond donors (Lipinski definition) is 9. The molecule has 616 valence electrons. The highest BCUT2D eigenvalue weighted by atomic mass is 19.1. The molecule has 4 aromatic carbocycles. The van der Waals surface area contributed by atoms with Gasteiger partial charge in [-0.05, 0) is 148 Å². The highest BCUT2D eigenvalue weighted by Gasteiger charge is 2.50. The van der Waals surface area contributed by atoms with Gasteiger partial charge in [0, 0.05) is 101 Å². The molecule has 1 aromatic heterocycles. The maximum absolute atomic E-state index is 16.3. The van der Waals surface area contributed by atoms with Crippen molar-refractivity contribution in [2.24, 2.45) is 5.92 Å². The van der Waals surface area contributed by atoms with Crippen LogP contribution in [0.3, 0.4) is 0 Å². The summed E-state index contributed by atoms with van der Waals surface area (Å²) in [6.07, 6.45) is -1.22. The summed E-state index contributed by atoms with van der Waals surface area (Å²) in [5, 5.41) is 34.1. The molecule has 114 heavy (non-hydrogen) atoms. The molecule has 6 heterocycles. The third-order valence-electron chi connectivity index (χ3n) is 21.7. The molecule has 30 nitrogen and oxygen atoms in total. The zero-order valence-corrected chi connectivity index (χ0v) is 66.2. The fraction of sp³-hybridized carbons (Fsp3) is 0.542. The summed E-state index contributed by atoms with van der Waals surface area (Å²) in [5.74, 6) is -9.84. The number of aromatic nitrogens is 1. The Morgan fingerprint density at radius 1 is 0.711 bits per heavy atom. The molecule has 5 aliphatic rings. The van der Waals surface area contributed by atoms with Gasteiger partial charge in [0.2, 0.25) is 59.1 Å². The standard InChI is InChI=1S/C83H109FN12O18/c1-51-76(103)91-66(48-87-71(100)28-36-111-38-39-112-37-34-96(4,5)6)77(104)89-64-42-55-12-10-13-56(40-55)47-86-73(102)50-114-69-27-33-94-75(69)79(106)92-74(52(2)97)78(105)90-65(41-53-15-22-62(110-7)23-16-53)81(108)95-32-11-29-83(95,3)82(109)85-30-26-54-14-17-57(18-20-61(98)21-25-72(101)88-51)70(43-54)113-35-9-8-31-93-49-59(44-58(80(94)107)45-68(64)99)63-46-60(84)19-24-67(63)93/h10,12-17,19,22-24,40,43,46,49,51-52,58,64-66,69,74-75,97H,8-9,11,18,20-21,25-39,41-42,44-45,47-48,50H2,1-7H3,(H7-,85,86,87,88,89,90,91,92,100,101,102,103,104,105,106,109)/p+1/t51-,52-,58+,64-,65+,66+,69?,74-,75+,83+/m0/s1. The fourth-order valence-corrected chi connectivity index (χ4v) is 15.1. The van der Waals surface area contributed by atoms with Crippen molar-refractivity contribution in [3.63, 3.8) is 0 Å². The van der Waals surface area contributed by atoms with E-state index in [2.05, 4.69) is 42.5 Å². The van der Waals surface area contributed by atoms with Crippen molar-refractivity contribution in [2.45, 2.75) is 184 Å². The minimum absolute atomic E-state index is 0.000642. The normalized spacial score (nSPS) is 24.6. The van der Waals surface area contributed by atoms with Gasteiger partial charge in [0.15, 0.2) is 5.78 Å². The average Bonchev–Trinajstić information content (AvgIpc) is 1.62. The van der Waals surface area contributed by atoms with Crippen LogP contribution in [0.25, 0.3) is 10.9 Å². The first-order valence-corrected chi connectivity index (χ1v) is 39.5. The first-order valence-electron chi connectivity index (χ1n) is 39.5. The van der Waals surface area contributed by atoms with Crippen LogP contribution in [0, 0.1) is 11.7 Å². The van der Waals surface area contributed by atoms with E-state index in [1.165, 1.54) is 42.9 Å². The maximum Gasteiger partial charge on any atom is 0.246 e. The molecular formula is C83H110FN12O18+. The summed E-state index contributed by atoms with van der Waals surface area (Å²) in [6, 6.07) is 13.8. The number of quaternary nitrogens is 1. The molecule has 1 unspecified atom stereocenters. The van der Waals surface area contributed by atoms with Crippen LogP contribution in [-0.2, 0) is 117 Å². The van der Waals surface area contributed by atoms with Gasteiger partial charge >= 0.3 is 0 Å². The van der Waals surface area contributed by atoms with Crippen LogP contribution >= 0.6 is 0 Å². The number of nitrogens with one attached hydrogen (secondary N) is 8. The molecule has 9 N–H and O–H groups in total. The lowest BCUT2D eigenvalue weighted by molar-refractivity contribution is -0.870. The van der Waals surface area contributed by atoms with Crippen molar-refractivity contribution in [2.75, 3.05) is 101 Å². The smallest absolute Gasteiger partial charge is 0.246 e. The van der Waals surface area contributed by atoms with Gasteiger partial charge in [0.1, 0.15) is 72.0 Å². The summed E-state index contributed by atoms with van der Waals surface area (Å²) < 4.78 is 48.1. The van der Waals surface area contributed by atoms with Gasteiger partial charge < -0.3 is 90.2 Å². The molecule has 5 aliphatic heterocycles. The van der Waals surface area contributed by atoms with Gasteiger partial charge in [0.05, 0.1) is 79.5 Å². The number of carbonyl (C=O) groups is 12. The second-order valence-electron chi connectivity index (χ2n) is 31.5. The molecule has 0 spiro atoms. The number of hydrogen-bond acceptors (Lipinski definition) is 18. The van der Waals surface area contributed by atoms with Gasteiger partial charge in [-0.3, -0.25) is 57.5 Å². The van der Waals surface area contributed by atoms with Crippen molar-refractivity contribution in [1.82, 2.24) is 56.9 Å². The molecule has 2 fully saturated rings. The summed E-state index contributed by atoms with van der Waals surface area (Å²) in [5.41, 5.74) is 2.57. The summed E-state index contributed by atoms with van der Waals surface area (Å²) >= 11 is 0. The van der Waals surface area contributed by atoms with Gasteiger partial charge in [-0.25, -0.2) is 4.39 Å². The SMILES string of the molecule is COc1ccc(C[C@H]2NC(=O)[C@H]([C@H](C)O)NC(=O)[C@H]3C4CCN3C(=O)[C@H]3CC(=O)[C@H](Cc5cccc(c5)CNC(=O)CO4)NC(=O)[C@@H](CNC(=O)CCOCCOCC[N+](C)(C)C)NC(=O)[C@H](C)NC(=O)CCC(=O)CCc4ccc(cc4OCCCCn4cc(c5cc(F)ccc54)C3)CCNC(=O)[C@@]3(C)CCCN3C2=O)cc1. The van der Waals surface area contributed by atoms with E-state index in [-0.39, 0.29) is 123 Å². The number of aliphatic hydroxyl groups is 1. The highest BCUT2D eigenvalue weighted by Crippen LogP contribution is 2.34. The number of aliphatic hydroxyl groups excluding tert-OH is 1. The molecule has 2 saturated heterocycles. The molecule has 31 heteroatoms. The third-order valence-corrected chi connectivity index (χ3v) is 21.7.